The molecule has 3 atom stereocenters. The zero-order valence-electron chi connectivity index (χ0n) is 9.03. The van der Waals surface area contributed by atoms with Crippen LogP contribution in [0.2, 0.25) is 0 Å². The van der Waals surface area contributed by atoms with Gasteiger partial charge in [0, 0.05) is 25.0 Å². The summed E-state index contributed by atoms with van der Waals surface area (Å²) in [4.78, 5) is 2.25. The molecule has 0 aliphatic carbocycles. The minimum Gasteiger partial charge on any atom is -0.392 e. The Balaban J connectivity index is 2.51. The van der Waals surface area contributed by atoms with Gasteiger partial charge in [0.1, 0.15) is 0 Å². The van der Waals surface area contributed by atoms with E-state index >= 15 is 0 Å². The van der Waals surface area contributed by atoms with Gasteiger partial charge in [0.05, 0.1) is 11.9 Å². The number of rotatable bonds is 3. The minimum atomic E-state index is -0.208. The molecule has 0 spiro atoms. The number of piperidine rings is 1. The van der Waals surface area contributed by atoms with Crippen molar-refractivity contribution in [3.05, 3.63) is 0 Å². The van der Waals surface area contributed by atoms with E-state index in [1.165, 1.54) is 0 Å². The fraction of sp³-hybridized carbons (Fsp3) is 0.900. The first kappa shape index (κ1) is 11.5. The molecule has 1 aliphatic rings. The molecule has 4 heteroatoms. The summed E-state index contributed by atoms with van der Waals surface area (Å²) in [7, 11) is 0. The van der Waals surface area contributed by atoms with Crippen LogP contribution in [-0.4, -0.2) is 40.6 Å². The molecule has 1 rings (SSSR count). The van der Waals surface area contributed by atoms with Crippen LogP contribution in [0.15, 0.2) is 0 Å². The number of aliphatic hydroxyl groups is 1. The number of nitrogens with two attached hydrogens (primary N) is 1. The van der Waals surface area contributed by atoms with Gasteiger partial charge < -0.3 is 10.8 Å². The molecule has 0 bridgehead atoms. The normalized spacial score (nSPS) is 31.4. The topological polar surface area (TPSA) is 73.3 Å². The summed E-state index contributed by atoms with van der Waals surface area (Å²) in [6.07, 6.45) is 2.31. The second-order valence-electron chi connectivity index (χ2n) is 4.36. The number of amidine groups is 1. The van der Waals surface area contributed by atoms with Gasteiger partial charge in [-0.05, 0) is 26.7 Å². The number of hydrogen-bond acceptors (Lipinski definition) is 3. The molecule has 0 saturated carbocycles. The zero-order chi connectivity index (χ0) is 10.7. The SMILES string of the molecule is CC(CC(=N)N)N1C[C@@H](O)CC[C@@H]1C. The molecule has 1 fully saturated rings. The van der Waals surface area contributed by atoms with Crippen LogP contribution in [0, 0.1) is 5.41 Å². The molecule has 0 amide bonds. The van der Waals surface area contributed by atoms with E-state index in [1.54, 1.807) is 0 Å². The van der Waals surface area contributed by atoms with E-state index in [0.717, 1.165) is 19.4 Å². The molecule has 4 N–H and O–H groups in total. The fourth-order valence-corrected chi connectivity index (χ4v) is 2.16. The van der Waals surface area contributed by atoms with Crippen molar-refractivity contribution in [2.75, 3.05) is 6.54 Å². The molecule has 0 aromatic carbocycles. The van der Waals surface area contributed by atoms with Crippen molar-refractivity contribution in [1.82, 2.24) is 4.90 Å². The van der Waals surface area contributed by atoms with E-state index in [0.29, 0.717) is 12.5 Å². The highest BCUT2D eigenvalue weighted by Crippen LogP contribution is 2.20. The molecule has 82 valence electrons. The van der Waals surface area contributed by atoms with E-state index in [-0.39, 0.29) is 18.0 Å². The van der Waals surface area contributed by atoms with Crippen LogP contribution in [0.3, 0.4) is 0 Å². The van der Waals surface area contributed by atoms with Gasteiger partial charge in [-0.1, -0.05) is 0 Å². The second-order valence-corrected chi connectivity index (χ2v) is 4.36. The summed E-state index contributed by atoms with van der Waals surface area (Å²) in [5.74, 6) is 0.227. The van der Waals surface area contributed by atoms with Crippen LogP contribution < -0.4 is 5.73 Å². The molecule has 1 saturated heterocycles. The van der Waals surface area contributed by atoms with E-state index in [2.05, 4.69) is 18.7 Å². The van der Waals surface area contributed by atoms with Gasteiger partial charge in [0.2, 0.25) is 0 Å². The number of hydrogen-bond donors (Lipinski definition) is 3. The van der Waals surface area contributed by atoms with Crippen LogP contribution in [0.1, 0.15) is 33.1 Å². The largest absolute Gasteiger partial charge is 0.392 e. The van der Waals surface area contributed by atoms with Gasteiger partial charge in [-0.15, -0.1) is 0 Å². The van der Waals surface area contributed by atoms with Crippen molar-refractivity contribution >= 4 is 5.84 Å². The molecular weight excluding hydrogens is 178 g/mol. The van der Waals surface area contributed by atoms with Crippen LogP contribution in [0.4, 0.5) is 0 Å². The van der Waals surface area contributed by atoms with Crippen molar-refractivity contribution < 1.29 is 5.11 Å². The third-order valence-electron chi connectivity index (χ3n) is 2.99. The maximum absolute atomic E-state index is 9.55. The highest BCUT2D eigenvalue weighted by atomic mass is 16.3. The molecule has 4 nitrogen and oxygen atoms in total. The Morgan fingerprint density at radius 2 is 2.29 bits per heavy atom. The number of likely N-dealkylation sites (tertiary alicyclic amines) is 1. The Hall–Kier alpha value is -0.610. The van der Waals surface area contributed by atoms with Gasteiger partial charge in [-0.3, -0.25) is 10.3 Å². The number of nitrogens with zero attached hydrogens (tertiary/aromatic N) is 1. The van der Waals surface area contributed by atoms with Gasteiger partial charge in [-0.25, -0.2) is 0 Å². The third kappa shape index (κ3) is 2.96. The summed E-state index contributed by atoms with van der Waals surface area (Å²) in [6, 6.07) is 0.755. The lowest BCUT2D eigenvalue weighted by atomic mass is 9.98. The lowest BCUT2D eigenvalue weighted by Gasteiger charge is -2.40. The molecule has 0 radical (unpaired) electrons. The van der Waals surface area contributed by atoms with Crippen molar-refractivity contribution in [3.63, 3.8) is 0 Å². The molecule has 0 aromatic heterocycles. The van der Waals surface area contributed by atoms with E-state index in [9.17, 15) is 5.11 Å². The third-order valence-corrected chi connectivity index (χ3v) is 2.99. The quantitative estimate of drug-likeness (QED) is 0.459. The van der Waals surface area contributed by atoms with Gasteiger partial charge >= 0.3 is 0 Å². The van der Waals surface area contributed by atoms with Crippen LogP contribution in [0.25, 0.3) is 0 Å². The first-order valence-corrected chi connectivity index (χ1v) is 5.27. The van der Waals surface area contributed by atoms with Crippen molar-refractivity contribution in [3.8, 4) is 0 Å². The van der Waals surface area contributed by atoms with Crippen LogP contribution in [-0.2, 0) is 0 Å². The number of aliphatic hydroxyl groups excluding tert-OH is 1. The Morgan fingerprint density at radius 3 is 2.86 bits per heavy atom. The predicted molar refractivity (Wildman–Crippen MR) is 57.4 cm³/mol. The first-order chi connectivity index (χ1) is 6.50. The second kappa shape index (κ2) is 4.75. The van der Waals surface area contributed by atoms with Crippen LogP contribution >= 0.6 is 0 Å². The smallest absolute Gasteiger partial charge is 0.0920 e. The zero-order valence-corrected chi connectivity index (χ0v) is 9.03. The molecule has 1 aliphatic heterocycles. The first-order valence-electron chi connectivity index (χ1n) is 5.27. The van der Waals surface area contributed by atoms with Gasteiger partial charge in [0.25, 0.3) is 0 Å². The fourth-order valence-electron chi connectivity index (χ4n) is 2.16. The lowest BCUT2D eigenvalue weighted by molar-refractivity contribution is 0.0206. The Labute approximate surface area is 85.6 Å². The highest BCUT2D eigenvalue weighted by molar-refractivity contribution is 5.77. The molecular formula is C10H21N3O. The predicted octanol–water partition coefficient (Wildman–Crippen LogP) is 0.546. The highest BCUT2D eigenvalue weighted by Gasteiger charge is 2.27. The molecule has 1 unspecified atom stereocenters. The molecule has 14 heavy (non-hydrogen) atoms. The summed E-state index contributed by atoms with van der Waals surface area (Å²) in [5, 5.41) is 16.8. The molecule has 0 aromatic rings. The van der Waals surface area contributed by atoms with Crippen molar-refractivity contribution in [2.45, 2.75) is 51.3 Å². The lowest BCUT2D eigenvalue weighted by Crippen LogP contribution is -2.49. The van der Waals surface area contributed by atoms with E-state index in [1.807, 2.05) is 0 Å². The summed E-state index contributed by atoms with van der Waals surface area (Å²) in [5.41, 5.74) is 5.37. The number of nitrogens with one attached hydrogen (secondary N) is 1. The maximum atomic E-state index is 9.55. The van der Waals surface area contributed by atoms with Crippen molar-refractivity contribution in [1.29, 1.82) is 5.41 Å². The summed E-state index contributed by atoms with van der Waals surface area (Å²) >= 11 is 0. The van der Waals surface area contributed by atoms with Gasteiger partial charge in [-0.2, -0.15) is 0 Å². The standard InChI is InChI=1S/C10H21N3O/c1-7-3-4-9(14)6-13(7)8(2)5-10(11)12/h7-9,14H,3-6H2,1-2H3,(H3,11,12)/t7-,8?,9-/m0/s1. The Morgan fingerprint density at radius 1 is 1.64 bits per heavy atom. The van der Waals surface area contributed by atoms with Gasteiger partial charge in [0.15, 0.2) is 0 Å². The summed E-state index contributed by atoms with van der Waals surface area (Å²) < 4.78 is 0. The average Bonchev–Trinajstić information content (AvgIpc) is 2.08. The van der Waals surface area contributed by atoms with E-state index < -0.39 is 0 Å². The molecule has 1 heterocycles. The Kier molecular flexibility index (Phi) is 3.89. The van der Waals surface area contributed by atoms with Crippen LogP contribution in [0.5, 0.6) is 0 Å². The van der Waals surface area contributed by atoms with E-state index in [4.69, 9.17) is 11.1 Å². The maximum Gasteiger partial charge on any atom is 0.0920 e. The van der Waals surface area contributed by atoms with Crippen molar-refractivity contribution in [2.24, 2.45) is 5.73 Å². The Bertz CT molecular complexity index is 208. The monoisotopic (exact) mass is 199 g/mol. The summed E-state index contributed by atoms with van der Waals surface area (Å²) in [6.45, 7) is 4.95. The average molecular weight is 199 g/mol. The number of β-amino-alcohol motifs (C(OH)–C–C–N with tert-alkyl or cyclic N) is 1. The minimum absolute atomic E-state index is 0.208.